The summed E-state index contributed by atoms with van der Waals surface area (Å²) in [5.41, 5.74) is 10.2. The van der Waals surface area contributed by atoms with E-state index in [9.17, 15) is 0 Å². The van der Waals surface area contributed by atoms with Gasteiger partial charge in [-0.15, -0.1) is 0 Å². The zero-order chi connectivity index (χ0) is 18.0. The fourth-order valence-electron chi connectivity index (χ4n) is 2.49. The van der Waals surface area contributed by atoms with E-state index < -0.39 is 0 Å². The van der Waals surface area contributed by atoms with Gasteiger partial charge in [0.25, 0.3) is 0 Å². The molecule has 0 saturated heterocycles. The van der Waals surface area contributed by atoms with Crippen LogP contribution in [0.25, 0.3) is 11.3 Å². The van der Waals surface area contributed by atoms with Crippen LogP contribution in [0.1, 0.15) is 31.9 Å². The quantitative estimate of drug-likeness (QED) is 0.677. The van der Waals surface area contributed by atoms with Crippen LogP contribution in [0, 0.1) is 0 Å². The summed E-state index contributed by atoms with van der Waals surface area (Å²) in [6.45, 7) is 6.59. The summed E-state index contributed by atoms with van der Waals surface area (Å²) in [5.74, 6) is 0.340. The Balaban J connectivity index is 1.89. The second-order valence-corrected chi connectivity index (χ2v) is 7.37. The number of nitrogens with zero attached hydrogens (tertiary/aromatic N) is 3. The topological polar surface area (TPSA) is 56.2 Å². The van der Waals surface area contributed by atoms with E-state index in [4.69, 9.17) is 17.3 Å². The van der Waals surface area contributed by atoms with Gasteiger partial charge >= 0.3 is 0 Å². The van der Waals surface area contributed by atoms with Crippen molar-refractivity contribution < 1.29 is 0 Å². The van der Waals surface area contributed by atoms with Gasteiger partial charge in [-0.25, -0.2) is 4.98 Å². The van der Waals surface area contributed by atoms with Crippen LogP contribution in [0.2, 0.25) is 5.02 Å². The Morgan fingerprint density at radius 2 is 1.68 bits per heavy atom. The van der Waals surface area contributed by atoms with Crippen LogP contribution in [0.3, 0.4) is 0 Å². The molecule has 0 fully saturated rings. The molecule has 0 aliphatic rings. The van der Waals surface area contributed by atoms with Gasteiger partial charge in [-0.05, 0) is 28.7 Å². The number of hydrogen-bond acceptors (Lipinski definition) is 3. The summed E-state index contributed by atoms with van der Waals surface area (Å²) in [6.07, 6.45) is 3.49. The molecule has 0 bridgehead atoms. The van der Waals surface area contributed by atoms with Crippen LogP contribution >= 0.6 is 11.6 Å². The van der Waals surface area contributed by atoms with Crippen molar-refractivity contribution in [1.82, 2.24) is 9.66 Å². The number of aromatic nitrogens is 2. The molecule has 1 heterocycles. The maximum Gasteiger partial charge on any atom is 0.221 e. The molecule has 128 valence electrons. The van der Waals surface area contributed by atoms with E-state index >= 15 is 0 Å². The molecule has 3 rings (SSSR count). The fraction of sp³-hybridized carbons (Fsp3) is 0.200. The highest BCUT2D eigenvalue weighted by Crippen LogP contribution is 2.24. The molecule has 2 N–H and O–H groups in total. The van der Waals surface area contributed by atoms with E-state index in [1.54, 1.807) is 17.1 Å². The molecule has 5 heteroatoms. The first-order valence-corrected chi connectivity index (χ1v) is 8.46. The minimum absolute atomic E-state index is 0.131. The minimum atomic E-state index is 0.131. The van der Waals surface area contributed by atoms with E-state index in [0.717, 1.165) is 16.8 Å². The lowest BCUT2D eigenvalue weighted by molar-refractivity contribution is 0.590. The van der Waals surface area contributed by atoms with E-state index in [2.05, 4.69) is 55.1 Å². The average molecular weight is 353 g/mol. The second kappa shape index (κ2) is 6.73. The third-order valence-corrected chi connectivity index (χ3v) is 4.26. The van der Waals surface area contributed by atoms with Crippen LogP contribution in [0.4, 0.5) is 5.95 Å². The molecule has 0 unspecified atom stereocenters. The van der Waals surface area contributed by atoms with Crippen molar-refractivity contribution in [2.24, 2.45) is 5.10 Å². The summed E-state index contributed by atoms with van der Waals surface area (Å²) in [5, 5.41) is 5.18. The molecule has 1 aromatic heterocycles. The Kier molecular flexibility index (Phi) is 4.64. The molecule has 0 radical (unpaired) electrons. The first-order chi connectivity index (χ1) is 11.8. The van der Waals surface area contributed by atoms with Crippen LogP contribution in [-0.2, 0) is 5.41 Å². The molecular formula is C20H21ClN4. The normalized spacial score (nSPS) is 12.0. The van der Waals surface area contributed by atoms with Gasteiger partial charge in [-0.2, -0.15) is 9.78 Å². The summed E-state index contributed by atoms with van der Waals surface area (Å²) in [7, 11) is 0. The number of imidazole rings is 1. The number of anilines is 1. The number of nitrogen functional groups attached to an aromatic ring is 1. The fourth-order valence-corrected chi connectivity index (χ4v) is 2.62. The molecule has 4 nitrogen and oxygen atoms in total. The van der Waals surface area contributed by atoms with Crippen molar-refractivity contribution in [3.05, 3.63) is 70.9 Å². The standard InChI is InChI=1S/C20H21ClN4/c1-20(2,3)16-8-4-14(5-9-16)12-24-25-18(13-23-19(25)22)15-6-10-17(21)11-7-15/h4-13H,1-3H3,(H2,22,23). The van der Waals surface area contributed by atoms with Crippen LogP contribution in [0.15, 0.2) is 59.8 Å². The first kappa shape index (κ1) is 17.2. The van der Waals surface area contributed by atoms with Crippen molar-refractivity contribution >= 4 is 23.8 Å². The van der Waals surface area contributed by atoms with Gasteiger partial charge in [0.1, 0.15) is 0 Å². The van der Waals surface area contributed by atoms with Crippen molar-refractivity contribution in [1.29, 1.82) is 0 Å². The number of hydrogen-bond donors (Lipinski definition) is 1. The molecule has 0 spiro atoms. The lowest BCUT2D eigenvalue weighted by atomic mass is 9.87. The Labute approximate surface area is 153 Å². The molecule has 2 aromatic carbocycles. The highest BCUT2D eigenvalue weighted by molar-refractivity contribution is 6.30. The zero-order valence-electron chi connectivity index (χ0n) is 14.6. The van der Waals surface area contributed by atoms with E-state index in [0.29, 0.717) is 11.0 Å². The molecule has 25 heavy (non-hydrogen) atoms. The van der Waals surface area contributed by atoms with Crippen molar-refractivity contribution in [2.45, 2.75) is 26.2 Å². The van der Waals surface area contributed by atoms with Crippen molar-refractivity contribution in [2.75, 3.05) is 5.73 Å². The SMILES string of the molecule is CC(C)(C)c1ccc(C=Nn2c(-c3ccc(Cl)cc3)cnc2N)cc1. The maximum atomic E-state index is 5.97. The molecule has 0 saturated carbocycles. The third kappa shape index (κ3) is 3.91. The third-order valence-electron chi connectivity index (χ3n) is 4.00. The molecule has 0 amide bonds. The lowest BCUT2D eigenvalue weighted by Gasteiger charge is -2.18. The van der Waals surface area contributed by atoms with Gasteiger partial charge in [0.05, 0.1) is 18.1 Å². The van der Waals surface area contributed by atoms with Crippen LogP contribution in [0.5, 0.6) is 0 Å². The van der Waals surface area contributed by atoms with E-state index in [1.807, 2.05) is 24.3 Å². The highest BCUT2D eigenvalue weighted by atomic mass is 35.5. The van der Waals surface area contributed by atoms with Crippen molar-refractivity contribution in [3.8, 4) is 11.3 Å². The van der Waals surface area contributed by atoms with Crippen LogP contribution < -0.4 is 5.73 Å². The highest BCUT2D eigenvalue weighted by Gasteiger charge is 2.12. The predicted octanol–water partition coefficient (Wildman–Crippen LogP) is 4.97. The van der Waals surface area contributed by atoms with Gasteiger partial charge < -0.3 is 5.73 Å². The number of rotatable bonds is 3. The van der Waals surface area contributed by atoms with Gasteiger partial charge in [0.2, 0.25) is 5.95 Å². The summed E-state index contributed by atoms with van der Waals surface area (Å²) < 4.78 is 1.63. The smallest absolute Gasteiger partial charge is 0.221 e. The van der Waals surface area contributed by atoms with Crippen LogP contribution in [-0.4, -0.2) is 15.9 Å². The molecule has 0 aliphatic heterocycles. The van der Waals surface area contributed by atoms with Crippen molar-refractivity contribution in [3.63, 3.8) is 0 Å². The Morgan fingerprint density at radius 3 is 2.28 bits per heavy atom. The van der Waals surface area contributed by atoms with Gasteiger partial charge in [-0.1, -0.05) is 68.8 Å². The zero-order valence-corrected chi connectivity index (χ0v) is 15.3. The number of benzene rings is 2. The number of halogens is 1. The molecular weight excluding hydrogens is 332 g/mol. The maximum absolute atomic E-state index is 5.97. The Bertz CT molecular complexity index is 885. The average Bonchev–Trinajstić information content (AvgIpc) is 2.94. The Hall–Kier alpha value is -2.59. The van der Waals surface area contributed by atoms with E-state index in [1.165, 1.54) is 5.56 Å². The Morgan fingerprint density at radius 1 is 1.04 bits per heavy atom. The van der Waals surface area contributed by atoms with Gasteiger partial charge in [-0.3, -0.25) is 0 Å². The largest absolute Gasteiger partial charge is 0.368 e. The minimum Gasteiger partial charge on any atom is -0.368 e. The summed E-state index contributed by atoms with van der Waals surface area (Å²) >= 11 is 5.95. The molecule has 3 aromatic rings. The lowest BCUT2D eigenvalue weighted by Crippen LogP contribution is -2.10. The molecule has 0 atom stereocenters. The predicted molar refractivity (Wildman–Crippen MR) is 105 cm³/mol. The molecule has 0 aliphatic carbocycles. The van der Waals surface area contributed by atoms with Gasteiger partial charge in [0, 0.05) is 10.6 Å². The second-order valence-electron chi connectivity index (χ2n) is 6.94. The first-order valence-electron chi connectivity index (χ1n) is 8.08. The van der Waals surface area contributed by atoms with Gasteiger partial charge in [0.15, 0.2) is 0 Å². The number of nitrogens with two attached hydrogens (primary N) is 1. The summed E-state index contributed by atoms with van der Waals surface area (Å²) in [6, 6.07) is 15.9. The monoisotopic (exact) mass is 352 g/mol. The summed E-state index contributed by atoms with van der Waals surface area (Å²) in [4.78, 5) is 4.17. The van der Waals surface area contributed by atoms with E-state index in [-0.39, 0.29) is 5.41 Å².